The number of halogens is 4. The van der Waals surface area contributed by atoms with Crippen LogP contribution in [0.2, 0.25) is 10.0 Å². The van der Waals surface area contributed by atoms with Crippen LogP contribution in [-0.2, 0) is 6.54 Å². The first-order valence-corrected chi connectivity index (χ1v) is 9.22. The lowest BCUT2D eigenvalue weighted by molar-refractivity contribution is 0.0714. The normalized spacial score (nSPS) is 13.6. The summed E-state index contributed by atoms with van der Waals surface area (Å²) in [7, 11) is 0. The maximum absolute atomic E-state index is 13.6. The van der Waals surface area contributed by atoms with Crippen molar-refractivity contribution in [3.63, 3.8) is 0 Å². The average Bonchev–Trinajstić information content (AvgIpc) is 3.41. The zero-order valence-electron chi connectivity index (χ0n) is 14.3. The van der Waals surface area contributed by atoms with Gasteiger partial charge >= 0.3 is 0 Å². The predicted molar refractivity (Wildman–Crippen MR) is 99.0 cm³/mol. The molecular formula is C19H13Cl2F2N3O2. The molecule has 0 saturated heterocycles. The zero-order chi connectivity index (χ0) is 19.8. The second kappa shape index (κ2) is 7.48. The summed E-state index contributed by atoms with van der Waals surface area (Å²) in [5.74, 6) is -2.24. The van der Waals surface area contributed by atoms with Crippen LogP contribution in [0.25, 0.3) is 11.5 Å². The van der Waals surface area contributed by atoms with Gasteiger partial charge in [-0.05, 0) is 49.2 Å². The molecule has 4 rings (SSSR count). The number of nitrogens with zero attached hydrogens (tertiary/aromatic N) is 3. The molecule has 1 heterocycles. The first-order chi connectivity index (χ1) is 13.4. The summed E-state index contributed by atoms with van der Waals surface area (Å²) in [5, 5.41) is 8.41. The fourth-order valence-corrected chi connectivity index (χ4v) is 3.12. The number of amides is 1. The quantitative estimate of drug-likeness (QED) is 0.533. The van der Waals surface area contributed by atoms with Gasteiger partial charge in [0.25, 0.3) is 5.91 Å². The fourth-order valence-electron chi connectivity index (χ4n) is 2.77. The number of rotatable bonds is 5. The van der Waals surface area contributed by atoms with E-state index in [-0.39, 0.29) is 29.1 Å². The van der Waals surface area contributed by atoms with Gasteiger partial charge in [0.15, 0.2) is 11.6 Å². The number of carbonyl (C=O) groups excluding carboxylic acids is 1. The van der Waals surface area contributed by atoms with E-state index in [1.54, 1.807) is 24.3 Å². The second-order valence-electron chi connectivity index (χ2n) is 6.42. The summed E-state index contributed by atoms with van der Waals surface area (Å²) in [6, 6.07) is 8.44. The Balaban J connectivity index is 1.57. The van der Waals surface area contributed by atoms with Crippen molar-refractivity contribution in [2.75, 3.05) is 0 Å². The predicted octanol–water partition coefficient (Wildman–Crippen LogP) is 5.13. The van der Waals surface area contributed by atoms with Crippen LogP contribution in [0.3, 0.4) is 0 Å². The van der Waals surface area contributed by atoms with Crippen molar-refractivity contribution in [1.29, 1.82) is 0 Å². The second-order valence-corrected chi connectivity index (χ2v) is 7.26. The molecule has 0 spiro atoms. The van der Waals surface area contributed by atoms with Crippen molar-refractivity contribution in [2.24, 2.45) is 0 Å². The van der Waals surface area contributed by atoms with Crippen LogP contribution in [0.15, 0.2) is 40.8 Å². The van der Waals surface area contributed by atoms with Gasteiger partial charge in [-0.15, -0.1) is 10.2 Å². The molecular weight excluding hydrogens is 411 g/mol. The van der Waals surface area contributed by atoms with Crippen molar-refractivity contribution in [3.8, 4) is 11.5 Å². The molecule has 1 aliphatic carbocycles. The molecule has 0 bridgehead atoms. The summed E-state index contributed by atoms with van der Waals surface area (Å²) in [5.41, 5.74) is 0.584. The minimum absolute atomic E-state index is 0.0393. The number of benzene rings is 2. The topological polar surface area (TPSA) is 59.2 Å². The molecule has 1 fully saturated rings. The van der Waals surface area contributed by atoms with Crippen LogP contribution < -0.4 is 0 Å². The van der Waals surface area contributed by atoms with E-state index in [0.717, 1.165) is 25.0 Å². The minimum atomic E-state index is -1.13. The van der Waals surface area contributed by atoms with Crippen LogP contribution >= 0.6 is 23.2 Å². The van der Waals surface area contributed by atoms with Crippen LogP contribution in [0.4, 0.5) is 8.78 Å². The van der Waals surface area contributed by atoms with Crippen molar-refractivity contribution in [1.82, 2.24) is 15.1 Å². The van der Waals surface area contributed by atoms with Crippen LogP contribution in [0, 0.1) is 11.6 Å². The van der Waals surface area contributed by atoms with Gasteiger partial charge < -0.3 is 9.32 Å². The molecule has 0 atom stereocenters. The number of hydrogen-bond acceptors (Lipinski definition) is 4. The summed E-state index contributed by atoms with van der Waals surface area (Å²) in [6.07, 6.45) is 1.59. The lowest BCUT2D eigenvalue weighted by Gasteiger charge is -2.21. The molecule has 144 valence electrons. The lowest BCUT2D eigenvalue weighted by Crippen LogP contribution is -2.33. The molecule has 1 amide bonds. The van der Waals surface area contributed by atoms with Crippen molar-refractivity contribution in [2.45, 2.75) is 25.4 Å². The highest BCUT2D eigenvalue weighted by Crippen LogP contribution is 2.32. The molecule has 5 nitrogen and oxygen atoms in total. The van der Waals surface area contributed by atoms with Gasteiger partial charge in [-0.3, -0.25) is 4.79 Å². The SMILES string of the molecule is O=C(c1cc(F)c(F)cc1Cl)N(Cc1nnc(-c2ccc(Cl)cc2)o1)C1CC1. The molecule has 0 N–H and O–H groups in total. The minimum Gasteiger partial charge on any atom is -0.419 e. The van der Waals surface area contributed by atoms with Gasteiger partial charge in [0.2, 0.25) is 11.8 Å². The third-order valence-corrected chi connectivity index (χ3v) is 4.92. The summed E-state index contributed by atoms with van der Waals surface area (Å²) < 4.78 is 32.5. The molecule has 3 aromatic rings. The summed E-state index contributed by atoms with van der Waals surface area (Å²) in [4.78, 5) is 14.4. The first kappa shape index (κ1) is 18.8. The number of aromatic nitrogens is 2. The molecule has 2 aromatic carbocycles. The third-order valence-electron chi connectivity index (χ3n) is 4.35. The molecule has 1 saturated carbocycles. The van der Waals surface area contributed by atoms with Gasteiger partial charge in [-0.1, -0.05) is 23.2 Å². The Labute approximate surface area is 168 Å². The van der Waals surface area contributed by atoms with E-state index in [4.69, 9.17) is 27.6 Å². The third kappa shape index (κ3) is 3.86. The van der Waals surface area contributed by atoms with E-state index < -0.39 is 17.5 Å². The van der Waals surface area contributed by atoms with Crippen molar-refractivity contribution >= 4 is 29.1 Å². The number of hydrogen-bond donors (Lipinski definition) is 0. The molecule has 1 aromatic heterocycles. The van der Waals surface area contributed by atoms with Crippen LogP contribution in [0.1, 0.15) is 29.1 Å². The van der Waals surface area contributed by atoms with Gasteiger partial charge in [0.1, 0.15) is 0 Å². The summed E-state index contributed by atoms with van der Waals surface area (Å²) in [6.45, 7) is 0.0411. The zero-order valence-corrected chi connectivity index (χ0v) is 15.8. The van der Waals surface area contributed by atoms with Crippen molar-refractivity contribution in [3.05, 3.63) is 69.5 Å². The Hall–Kier alpha value is -2.51. The van der Waals surface area contributed by atoms with E-state index >= 15 is 0 Å². The molecule has 9 heteroatoms. The maximum atomic E-state index is 13.6. The number of carbonyl (C=O) groups is 1. The Morgan fingerprint density at radius 1 is 1.11 bits per heavy atom. The standard InChI is InChI=1S/C19H13Cl2F2N3O2/c20-11-3-1-10(2-4-11)18-25-24-17(28-18)9-26(12-5-6-12)19(27)13-7-15(22)16(23)8-14(13)21/h1-4,7-8,12H,5-6,9H2. The molecule has 0 unspecified atom stereocenters. The van der Waals surface area contributed by atoms with Gasteiger partial charge in [0.05, 0.1) is 17.1 Å². The average molecular weight is 424 g/mol. The summed E-state index contributed by atoms with van der Waals surface area (Å²) >= 11 is 11.8. The monoisotopic (exact) mass is 423 g/mol. The smallest absolute Gasteiger partial charge is 0.256 e. The van der Waals surface area contributed by atoms with Gasteiger partial charge in [-0.2, -0.15) is 0 Å². The molecule has 28 heavy (non-hydrogen) atoms. The first-order valence-electron chi connectivity index (χ1n) is 8.46. The van der Waals surface area contributed by atoms with Crippen LogP contribution in [0.5, 0.6) is 0 Å². The highest BCUT2D eigenvalue weighted by molar-refractivity contribution is 6.33. The Morgan fingerprint density at radius 2 is 1.79 bits per heavy atom. The highest BCUT2D eigenvalue weighted by Gasteiger charge is 2.35. The molecule has 0 radical (unpaired) electrons. The largest absolute Gasteiger partial charge is 0.419 e. The van der Waals surface area contributed by atoms with E-state index in [9.17, 15) is 13.6 Å². The van der Waals surface area contributed by atoms with E-state index in [1.165, 1.54) is 4.90 Å². The molecule has 1 aliphatic rings. The Morgan fingerprint density at radius 3 is 2.46 bits per heavy atom. The lowest BCUT2D eigenvalue weighted by atomic mass is 10.1. The van der Waals surface area contributed by atoms with Crippen molar-refractivity contribution < 1.29 is 18.0 Å². The molecule has 0 aliphatic heterocycles. The van der Waals surface area contributed by atoms with E-state index in [1.807, 2.05) is 0 Å². The van der Waals surface area contributed by atoms with Gasteiger partial charge in [0, 0.05) is 16.6 Å². The van der Waals surface area contributed by atoms with Gasteiger partial charge in [-0.25, -0.2) is 8.78 Å². The van der Waals surface area contributed by atoms with Crippen LogP contribution in [-0.4, -0.2) is 27.0 Å². The Kier molecular flexibility index (Phi) is 5.03. The highest BCUT2D eigenvalue weighted by atomic mass is 35.5. The fraction of sp³-hybridized carbons (Fsp3) is 0.211. The van der Waals surface area contributed by atoms with E-state index in [2.05, 4.69) is 10.2 Å². The Bertz CT molecular complexity index is 1040. The maximum Gasteiger partial charge on any atom is 0.256 e. The van der Waals surface area contributed by atoms with E-state index in [0.29, 0.717) is 16.5 Å².